The van der Waals surface area contributed by atoms with E-state index in [1.807, 2.05) is 0 Å². The van der Waals surface area contributed by atoms with Crippen LogP contribution >= 0.6 is 15.9 Å². The molecule has 1 heterocycles. The molecule has 17 heavy (non-hydrogen) atoms. The van der Waals surface area contributed by atoms with Crippen LogP contribution in [-0.4, -0.2) is 18.8 Å². The smallest absolute Gasteiger partial charge is 0.123 e. The molecule has 2 N–H and O–H groups in total. The van der Waals surface area contributed by atoms with Crippen LogP contribution in [0.5, 0.6) is 0 Å². The van der Waals surface area contributed by atoms with E-state index in [0.717, 1.165) is 23.1 Å². The van der Waals surface area contributed by atoms with Gasteiger partial charge in [-0.2, -0.15) is 0 Å². The first kappa shape index (κ1) is 13.0. The summed E-state index contributed by atoms with van der Waals surface area (Å²) in [5.74, 6) is 0.149. The van der Waals surface area contributed by atoms with E-state index < -0.39 is 0 Å². The van der Waals surface area contributed by atoms with Crippen LogP contribution in [0.25, 0.3) is 0 Å². The quantitative estimate of drug-likeness (QED) is 0.932. The lowest BCUT2D eigenvalue weighted by molar-refractivity contribution is 0.0995. The Labute approximate surface area is 109 Å². The van der Waals surface area contributed by atoms with Gasteiger partial charge in [0.25, 0.3) is 0 Å². The number of benzene rings is 1. The van der Waals surface area contributed by atoms with Crippen molar-refractivity contribution in [3.8, 4) is 0 Å². The molecule has 2 nitrogen and oxygen atoms in total. The van der Waals surface area contributed by atoms with Crippen molar-refractivity contribution >= 4 is 15.9 Å². The van der Waals surface area contributed by atoms with E-state index >= 15 is 0 Å². The fourth-order valence-corrected chi connectivity index (χ4v) is 2.82. The molecular weight excluding hydrogens is 285 g/mol. The maximum absolute atomic E-state index is 13.2. The van der Waals surface area contributed by atoms with E-state index in [2.05, 4.69) is 22.9 Å². The highest BCUT2D eigenvalue weighted by Crippen LogP contribution is 2.27. The zero-order valence-corrected chi connectivity index (χ0v) is 11.4. The van der Waals surface area contributed by atoms with E-state index in [1.165, 1.54) is 6.07 Å². The van der Waals surface area contributed by atoms with Crippen molar-refractivity contribution in [1.29, 1.82) is 0 Å². The highest BCUT2D eigenvalue weighted by molar-refractivity contribution is 9.10. The molecule has 0 saturated carbocycles. The van der Waals surface area contributed by atoms with E-state index in [-0.39, 0.29) is 18.0 Å². The van der Waals surface area contributed by atoms with Crippen molar-refractivity contribution < 1.29 is 9.13 Å². The first-order chi connectivity index (χ1) is 8.08. The van der Waals surface area contributed by atoms with Crippen molar-refractivity contribution in [3.05, 3.63) is 34.1 Å². The second-order valence-corrected chi connectivity index (χ2v) is 5.49. The molecule has 0 amide bonds. The van der Waals surface area contributed by atoms with Gasteiger partial charge in [-0.25, -0.2) is 4.39 Å². The lowest BCUT2D eigenvalue weighted by Crippen LogP contribution is -2.36. The summed E-state index contributed by atoms with van der Waals surface area (Å²) in [6.07, 6.45) is 1.88. The first-order valence-corrected chi connectivity index (χ1v) is 6.68. The third kappa shape index (κ3) is 3.06. The minimum Gasteiger partial charge on any atom is -0.378 e. The number of nitrogens with two attached hydrogens (primary N) is 1. The van der Waals surface area contributed by atoms with Crippen LogP contribution in [0.3, 0.4) is 0 Å². The molecule has 0 radical (unpaired) electrons. The summed E-state index contributed by atoms with van der Waals surface area (Å²) in [6, 6.07) is 4.74. The van der Waals surface area contributed by atoms with Gasteiger partial charge in [0.15, 0.2) is 0 Å². The van der Waals surface area contributed by atoms with Crippen LogP contribution in [0.1, 0.15) is 18.9 Å². The number of halogens is 2. The van der Waals surface area contributed by atoms with Gasteiger partial charge in [0.05, 0.1) is 6.10 Å². The molecule has 1 aliphatic heterocycles. The molecule has 94 valence electrons. The summed E-state index contributed by atoms with van der Waals surface area (Å²) in [5.41, 5.74) is 7.12. The zero-order valence-electron chi connectivity index (χ0n) is 9.83. The van der Waals surface area contributed by atoms with E-state index in [9.17, 15) is 4.39 Å². The maximum atomic E-state index is 13.2. The Balaban J connectivity index is 2.07. The standard InChI is InChI=1S/C13H17BrFNO/c1-8-11(4-5-17-8)13(16)7-9-6-10(15)2-3-12(9)14/h2-3,6,8,11,13H,4-5,7,16H2,1H3. The highest BCUT2D eigenvalue weighted by Gasteiger charge is 2.29. The zero-order chi connectivity index (χ0) is 12.4. The molecule has 0 bridgehead atoms. The van der Waals surface area contributed by atoms with Crippen molar-refractivity contribution in [2.75, 3.05) is 6.61 Å². The second kappa shape index (κ2) is 5.46. The Hall–Kier alpha value is -0.450. The van der Waals surface area contributed by atoms with E-state index in [1.54, 1.807) is 12.1 Å². The molecule has 1 fully saturated rings. The van der Waals surface area contributed by atoms with E-state index in [0.29, 0.717) is 12.3 Å². The lowest BCUT2D eigenvalue weighted by atomic mass is 9.89. The number of hydrogen-bond acceptors (Lipinski definition) is 2. The van der Waals surface area contributed by atoms with Gasteiger partial charge >= 0.3 is 0 Å². The predicted octanol–water partition coefficient (Wildman–Crippen LogP) is 2.88. The van der Waals surface area contributed by atoms with Crippen LogP contribution < -0.4 is 5.73 Å². The molecular formula is C13H17BrFNO. The van der Waals surface area contributed by atoms with Crippen molar-refractivity contribution in [3.63, 3.8) is 0 Å². The summed E-state index contributed by atoms with van der Waals surface area (Å²) in [5, 5.41) is 0. The SMILES string of the molecule is CC1OCCC1C(N)Cc1cc(F)ccc1Br. The largest absolute Gasteiger partial charge is 0.378 e. The van der Waals surface area contributed by atoms with Crippen molar-refractivity contribution in [2.45, 2.75) is 31.9 Å². The fourth-order valence-electron chi connectivity index (χ4n) is 2.42. The maximum Gasteiger partial charge on any atom is 0.123 e. The molecule has 2 rings (SSSR count). The van der Waals surface area contributed by atoms with Crippen molar-refractivity contribution in [2.24, 2.45) is 11.7 Å². The molecule has 1 saturated heterocycles. The molecule has 1 aromatic rings. The van der Waals surface area contributed by atoms with Gasteiger partial charge < -0.3 is 10.5 Å². The average Bonchev–Trinajstić information content (AvgIpc) is 2.70. The summed E-state index contributed by atoms with van der Waals surface area (Å²) < 4.78 is 19.6. The lowest BCUT2D eigenvalue weighted by Gasteiger charge is -2.22. The summed E-state index contributed by atoms with van der Waals surface area (Å²) in [7, 11) is 0. The van der Waals surface area contributed by atoms with E-state index in [4.69, 9.17) is 10.5 Å². The Kier molecular flexibility index (Phi) is 4.17. The minimum atomic E-state index is -0.217. The molecule has 1 aromatic carbocycles. The molecule has 0 aliphatic carbocycles. The topological polar surface area (TPSA) is 35.2 Å². The molecule has 0 aromatic heterocycles. The number of rotatable bonds is 3. The van der Waals surface area contributed by atoms with Gasteiger partial charge in [0, 0.05) is 23.0 Å². The molecule has 3 unspecified atom stereocenters. The van der Waals surface area contributed by atoms with Gasteiger partial charge in [-0.1, -0.05) is 15.9 Å². The first-order valence-electron chi connectivity index (χ1n) is 5.89. The van der Waals surface area contributed by atoms with Gasteiger partial charge in [0.1, 0.15) is 5.82 Å². The molecule has 3 atom stereocenters. The Morgan fingerprint density at radius 2 is 2.35 bits per heavy atom. The summed E-state index contributed by atoms with van der Waals surface area (Å²) >= 11 is 3.43. The third-order valence-corrected chi connectivity index (χ3v) is 4.22. The van der Waals surface area contributed by atoms with Gasteiger partial charge in [-0.05, 0) is 43.5 Å². The Bertz CT molecular complexity index is 399. The Morgan fingerprint density at radius 1 is 1.59 bits per heavy atom. The van der Waals surface area contributed by atoms with Gasteiger partial charge in [-0.15, -0.1) is 0 Å². The summed E-state index contributed by atoms with van der Waals surface area (Å²) in [6.45, 7) is 2.84. The molecule has 0 spiro atoms. The third-order valence-electron chi connectivity index (χ3n) is 3.45. The normalized spacial score (nSPS) is 26.1. The second-order valence-electron chi connectivity index (χ2n) is 4.63. The van der Waals surface area contributed by atoms with Crippen LogP contribution in [0.15, 0.2) is 22.7 Å². The van der Waals surface area contributed by atoms with Crippen molar-refractivity contribution in [1.82, 2.24) is 0 Å². The Morgan fingerprint density at radius 3 is 3.00 bits per heavy atom. The molecule has 4 heteroatoms. The van der Waals surface area contributed by atoms with Crippen LogP contribution in [-0.2, 0) is 11.2 Å². The fraction of sp³-hybridized carbons (Fsp3) is 0.538. The highest BCUT2D eigenvalue weighted by atomic mass is 79.9. The van der Waals surface area contributed by atoms with Crippen LogP contribution in [0, 0.1) is 11.7 Å². The molecule has 1 aliphatic rings. The number of ether oxygens (including phenoxy) is 1. The summed E-state index contributed by atoms with van der Waals surface area (Å²) in [4.78, 5) is 0. The van der Waals surface area contributed by atoms with Gasteiger partial charge in [-0.3, -0.25) is 0 Å². The van der Waals surface area contributed by atoms with Gasteiger partial charge in [0.2, 0.25) is 0 Å². The van der Waals surface area contributed by atoms with Crippen LogP contribution in [0.4, 0.5) is 4.39 Å². The minimum absolute atomic E-state index is 0.0191. The predicted molar refractivity (Wildman–Crippen MR) is 69.3 cm³/mol. The number of hydrogen-bond donors (Lipinski definition) is 1. The average molecular weight is 302 g/mol. The van der Waals surface area contributed by atoms with Crippen LogP contribution in [0.2, 0.25) is 0 Å². The monoisotopic (exact) mass is 301 g/mol.